The van der Waals surface area contributed by atoms with Gasteiger partial charge in [0.25, 0.3) is 0 Å². The van der Waals surface area contributed by atoms with E-state index in [1.54, 1.807) is 64.1 Å². The van der Waals surface area contributed by atoms with E-state index < -0.39 is 65.5 Å². The van der Waals surface area contributed by atoms with Crippen LogP contribution in [-0.4, -0.2) is 42.5 Å². The normalized spacial score (nSPS) is 15.2. The summed E-state index contributed by atoms with van der Waals surface area (Å²) in [6.07, 6.45) is -3.08. The van der Waals surface area contributed by atoms with Gasteiger partial charge in [-0.2, -0.15) is 0 Å². The first-order chi connectivity index (χ1) is 19.1. The Morgan fingerprint density at radius 2 is 1.31 bits per heavy atom. The van der Waals surface area contributed by atoms with Crippen molar-refractivity contribution in [1.29, 1.82) is 0 Å². The molecule has 0 bridgehead atoms. The van der Waals surface area contributed by atoms with Crippen LogP contribution in [0.2, 0.25) is 0 Å². The van der Waals surface area contributed by atoms with Crippen molar-refractivity contribution in [3.05, 3.63) is 60.2 Å². The van der Waals surface area contributed by atoms with Gasteiger partial charge in [0, 0.05) is 0 Å². The molecule has 228 valence electrons. The van der Waals surface area contributed by atoms with E-state index in [1.807, 2.05) is 18.2 Å². The van der Waals surface area contributed by atoms with Crippen molar-refractivity contribution in [3.8, 4) is 11.5 Å². The van der Waals surface area contributed by atoms with Crippen molar-refractivity contribution in [1.82, 2.24) is 0 Å². The van der Waals surface area contributed by atoms with Crippen LogP contribution in [0.1, 0.15) is 59.9 Å². The molecule has 3 unspecified atom stereocenters. The van der Waals surface area contributed by atoms with E-state index in [1.165, 1.54) is 13.8 Å². The molecule has 0 aliphatic heterocycles. The van der Waals surface area contributed by atoms with E-state index in [4.69, 9.17) is 23.3 Å². The van der Waals surface area contributed by atoms with Crippen LogP contribution in [0.25, 0.3) is 0 Å². The Balaban J connectivity index is 0.00000882. The quantitative estimate of drug-likeness (QED) is 0.0864. The maximum atomic E-state index is 14.0. The minimum Gasteiger partial charge on any atom is -0.747 e. The van der Waals surface area contributed by atoms with E-state index in [-0.39, 0.29) is 57.8 Å². The number of hydrogen-bond donors (Lipinski definition) is 0. The van der Waals surface area contributed by atoms with Crippen molar-refractivity contribution in [3.63, 3.8) is 0 Å². The Hall–Kier alpha value is -1.12. The van der Waals surface area contributed by atoms with Gasteiger partial charge in [0.15, 0.2) is 4.99 Å². The summed E-state index contributed by atoms with van der Waals surface area (Å²) >= 11 is 0. The molecule has 0 N–H and O–H groups in total. The summed E-state index contributed by atoms with van der Waals surface area (Å²) < 4.78 is 77.8. The fraction of sp³-hybridized carbons (Fsp3) is 0.500. The third kappa shape index (κ3) is 13.3. The van der Waals surface area contributed by atoms with Crippen LogP contribution < -0.4 is 56.1 Å². The number of benzene rings is 2. The van der Waals surface area contributed by atoms with Crippen molar-refractivity contribution in [2.24, 2.45) is 11.8 Å². The first-order valence-electron chi connectivity index (χ1n) is 13.2. The van der Waals surface area contributed by atoms with Gasteiger partial charge in [0.2, 0.25) is 12.6 Å². The summed E-state index contributed by atoms with van der Waals surface area (Å²) in [5.41, 5.74) is 0.774. The fourth-order valence-corrected chi connectivity index (χ4v) is 7.30. The van der Waals surface area contributed by atoms with E-state index in [2.05, 4.69) is 0 Å². The fourth-order valence-electron chi connectivity index (χ4n) is 3.55. The van der Waals surface area contributed by atoms with Gasteiger partial charge in [0.1, 0.15) is 21.6 Å². The monoisotopic (exact) mass is 652 g/mol. The number of carbonyl (C=O) groups excluding carboxylic acids is 2. The summed E-state index contributed by atoms with van der Waals surface area (Å²) in [6.45, 7) is 8.67. The molecule has 0 fully saturated rings. The van der Waals surface area contributed by atoms with Crippen LogP contribution in [-0.2, 0) is 49.2 Å². The Morgan fingerprint density at radius 3 is 1.79 bits per heavy atom. The zero-order valence-electron chi connectivity index (χ0n) is 25.1. The average Bonchev–Trinajstić information content (AvgIpc) is 2.86. The van der Waals surface area contributed by atoms with Crippen molar-refractivity contribution < 1.29 is 102 Å². The van der Waals surface area contributed by atoms with Gasteiger partial charge in [-0.3, -0.25) is 23.2 Å². The molecule has 2 rings (SSSR count). The van der Waals surface area contributed by atoms with E-state index >= 15 is 0 Å². The number of aryl methyl sites for hydroxylation is 1. The predicted molar refractivity (Wildman–Crippen MR) is 150 cm³/mol. The molecule has 0 saturated carbocycles. The minimum absolute atomic E-state index is 0. The average molecular weight is 653 g/mol. The van der Waals surface area contributed by atoms with E-state index in [0.717, 1.165) is 5.56 Å². The molecule has 0 radical (unpaired) electrons. The zero-order chi connectivity index (χ0) is 30.8. The second-order valence-corrected chi connectivity index (χ2v) is 14.0. The molecule has 0 heterocycles. The van der Waals surface area contributed by atoms with Gasteiger partial charge >= 0.3 is 70.9 Å². The molecule has 0 saturated heterocycles. The number of rotatable bonds is 16. The number of hydrogen-bond acceptors (Lipinski definition) is 11. The summed E-state index contributed by atoms with van der Waals surface area (Å²) in [6, 6.07) is 16.2. The third-order valence-corrected chi connectivity index (χ3v) is 10.2. The molecule has 3 atom stereocenters. The van der Waals surface area contributed by atoms with Gasteiger partial charge in [-0.15, -0.1) is 0 Å². The second-order valence-electron chi connectivity index (χ2n) is 9.97. The smallest absolute Gasteiger partial charge is 0.747 e. The van der Waals surface area contributed by atoms with Crippen molar-refractivity contribution in [2.45, 2.75) is 78.4 Å². The van der Waals surface area contributed by atoms with Gasteiger partial charge in [0.05, 0.1) is 11.8 Å². The number of para-hydroxylation sites is 1. The Bertz CT molecular complexity index is 1270. The maximum Gasteiger partial charge on any atom is 1.00 e. The Labute approximate surface area is 290 Å². The van der Waals surface area contributed by atoms with Gasteiger partial charge in [-0.25, -0.2) is 8.42 Å². The number of carbonyl (C=O) groups is 2. The Morgan fingerprint density at radius 1 is 0.810 bits per heavy atom. The van der Waals surface area contributed by atoms with Crippen LogP contribution in [0.3, 0.4) is 0 Å². The SMILES string of the molecule is CC(OC(=O)C(C)C)OP(=O)(OC(C)OC(=O)C(C)C)C(CCCc1cccc(Oc2ccccc2)c1)S(=O)(=O)[O-].[K+]. The molecule has 14 heteroatoms. The predicted octanol–water partition coefficient (Wildman–Crippen LogP) is 2.99. The maximum absolute atomic E-state index is 14.0. The summed E-state index contributed by atoms with van der Waals surface area (Å²) in [5, 5.41) is 0. The standard InChI is InChI=1S/C28H39O11PS.K/c1-19(2)27(29)35-21(5)38-40(31,39-22(6)36-28(30)20(3)4)26(41(32,33)34)17-11-13-23-12-10-16-25(18-23)37-24-14-8-7-9-15-24;/h7-10,12,14-16,18-22,26H,11,13,17H2,1-6H3,(H,32,33,34);/q;+1/p-1. The minimum atomic E-state index is -5.28. The van der Waals surface area contributed by atoms with Crippen LogP contribution in [0.15, 0.2) is 54.6 Å². The van der Waals surface area contributed by atoms with E-state index in [9.17, 15) is 27.1 Å². The summed E-state index contributed by atoms with van der Waals surface area (Å²) in [7, 11) is -10.2. The second kappa shape index (κ2) is 18.0. The van der Waals surface area contributed by atoms with Crippen LogP contribution in [0, 0.1) is 11.8 Å². The first kappa shape index (κ1) is 38.9. The van der Waals surface area contributed by atoms with Gasteiger partial charge in [-0.1, -0.05) is 58.0 Å². The molecule has 11 nitrogen and oxygen atoms in total. The largest absolute Gasteiger partial charge is 1.00 e. The molecule has 2 aromatic rings. The summed E-state index contributed by atoms with van der Waals surface area (Å²) in [4.78, 5) is 21.9. The molecule has 0 amide bonds. The van der Waals surface area contributed by atoms with Crippen LogP contribution in [0.5, 0.6) is 11.5 Å². The molecule has 0 aliphatic carbocycles. The van der Waals surface area contributed by atoms with Gasteiger partial charge in [-0.05, 0) is 62.9 Å². The summed E-state index contributed by atoms with van der Waals surface area (Å²) in [5.74, 6) is -1.34. The molecule has 0 spiro atoms. The van der Waals surface area contributed by atoms with Crippen LogP contribution >= 0.6 is 7.60 Å². The van der Waals surface area contributed by atoms with Crippen LogP contribution in [0.4, 0.5) is 0 Å². The molecule has 0 aromatic heterocycles. The molecular formula is C28H38KO11PS. The molecular weight excluding hydrogens is 614 g/mol. The van der Waals surface area contributed by atoms with Crippen molar-refractivity contribution in [2.75, 3.05) is 0 Å². The first-order valence-corrected chi connectivity index (χ1v) is 16.3. The molecule has 42 heavy (non-hydrogen) atoms. The third-order valence-electron chi connectivity index (χ3n) is 5.58. The van der Waals surface area contributed by atoms with Gasteiger partial charge < -0.3 is 18.8 Å². The Kier molecular flexibility index (Phi) is 16.7. The van der Waals surface area contributed by atoms with Crippen molar-refractivity contribution >= 4 is 29.7 Å². The topological polar surface area (TPSA) is 155 Å². The number of esters is 2. The van der Waals surface area contributed by atoms with E-state index in [0.29, 0.717) is 17.9 Å². The zero-order valence-corrected chi connectivity index (χ0v) is 29.9. The number of ether oxygens (including phenoxy) is 3. The molecule has 0 aliphatic rings. The molecule has 2 aromatic carbocycles.